The molecular formula is C17H14BrClN4O. The monoisotopic (exact) mass is 404 g/mol. The van der Waals surface area contributed by atoms with Crippen molar-refractivity contribution >= 4 is 39.1 Å². The van der Waals surface area contributed by atoms with Gasteiger partial charge in [-0.05, 0) is 42.8 Å². The van der Waals surface area contributed by atoms with Crippen molar-refractivity contribution in [3.8, 4) is 5.69 Å². The molecule has 24 heavy (non-hydrogen) atoms. The zero-order chi connectivity index (χ0) is 17.3. The molecule has 7 heteroatoms. The highest BCUT2D eigenvalue weighted by molar-refractivity contribution is 9.10. The minimum Gasteiger partial charge on any atom is -0.310 e. The van der Waals surface area contributed by atoms with Crippen molar-refractivity contribution in [1.82, 2.24) is 15.0 Å². The van der Waals surface area contributed by atoms with Crippen LogP contribution in [-0.4, -0.2) is 27.9 Å². The number of hydrogen-bond acceptors (Lipinski definition) is 3. The molecule has 5 nitrogen and oxygen atoms in total. The smallest absolute Gasteiger partial charge is 0.280 e. The number of amides is 1. The summed E-state index contributed by atoms with van der Waals surface area (Å²) in [4.78, 5) is 14.2. The van der Waals surface area contributed by atoms with E-state index in [1.165, 1.54) is 4.68 Å². The van der Waals surface area contributed by atoms with E-state index in [4.69, 9.17) is 11.6 Å². The first-order valence-electron chi connectivity index (χ1n) is 7.19. The van der Waals surface area contributed by atoms with Gasteiger partial charge in [-0.2, -0.15) is 0 Å². The maximum absolute atomic E-state index is 12.6. The van der Waals surface area contributed by atoms with Crippen LogP contribution in [0.5, 0.6) is 0 Å². The van der Waals surface area contributed by atoms with Gasteiger partial charge in [0.05, 0.1) is 16.9 Å². The lowest BCUT2D eigenvalue weighted by Gasteiger charge is -2.16. The van der Waals surface area contributed by atoms with E-state index in [0.29, 0.717) is 10.7 Å². The zero-order valence-corrected chi connectivity index (χ0v) is 15.4. The van der Waals surface area contributed by atoms with Gasteiger partial charge in [0.15, 0.2) is 5.69 Å². The maximum Gasteiger partial charge on any atom is 0.280 e. The summed E-state index contributed by atoms with van der Waals surface area (Å²) in [5, 5.41) is 8.52. The first-order chi connectivity index (χ1) is 11.5. The van der Waals surface area contributed by atoms with Crippen molar-refractivity contribution in [1.29, 1.82) is 0 Å². The van der Waals surface area contributed by atoms with E-state index in [0.717, 1.165) is 15.7 Å². The van der Waals surface area contributed by atoms with Crippen LogP contribution >= 0.6 is 27.5 Å². The Balaban J connectivity index is 1.88. The van der Waals surface area contributed by atoms with Crippen molar-refractivity contribution in [3.63, 3.8) is 0 Å². The summed E-state index contributed by atoms with van der Waals surface area (Å²) in [7, 11) is 1.71. The number of rotatable bonds is 3. The number of para-hydroxylation sites is 1. The Labute approximate surface area is 153 Å². The molecule has 0 radical (unpaired) electrons. The van der Waals surface area contributed by atoms with Crippen molar-refractivity contribution in [3.05, 3.63) is 69.4 Å². The number of aromatic nitrogens is 3. The lowest BCUT2D eigenvalue weighted by Crippen LogP contribution is -2.26. The summed E-state index contributed by atoms with van der Waals surface area (Å²) in [5.41, 5.74) is 2.76. The van der Waals surface area contributed by atoms with Crippen molar-refractivity contribution in [2.75, 3.05) is 11.9 Å². The third-order valence-corrected chi connectivity index (χ3v) is 4.85. The highest BCUT2D eigenvalue weighted by atomic mass is 79.9. The molecule has 0 N–H and O–H groups in total. The molecule has 0 unspecified atom stereocenters. The summed E-state index contributed by atoms with van der Waals surface area (Å²) in [5.74, 6) is -0.241. The number of hydrogen-bond donors (Lipinski definition) is 0. The maximum atomic E-state index is 12.6. The van der Waals surface area contributed by atoms with Gasteiger partial charge in [-0.15, -0.1) is 5.10 Å². The average molecular weight is 406 g/mol. The van der Waals surface area contributed by atoms with Gasteiger partial charge in [0.2, 0.25) is 0 Å². The van der Waals surface area contributed by atoms with E-state index in [9.17, 15) is 4.79 Å². The second-order valence-electron chi connectivity index (χ2n) is 5.30. The number of benzene rings is 2. The molecule has 0 atom stereocenters. The lowest BCUT2D eigenvalue weighted by atomic mass is 10.2. The molecule has 1 heterocycles. The van der Waals surface area contributed by atoms with E-state index >= 15 is 0 Å². The molecule has 1 aromatic heterocycles. The molecule has 0 fully saturated rings. The molecule has 3 aromatic rings. The molecule has 122 valence electrons. The molecule has 0 aliphatic rings. The van der Waals surface area contributed by atoms with Gasteiger partial charge < -0.3 is 4.90 Å². The fourth-order valence-electron chi connectivity index (χ4n) is 2.24. The van der Waals surface area contributed by atoms with Crippen LogP contribution in [0.25, 0.3) is 5.69 Å². The Kier molecular flexibility index (Phi) is 4.69. The van der Waals surface area contributed by atoms with Crippen LogP contribution in [0.15, 0.2) is 53.1 Å². The summed E-state index contributed by atoms with van der Waals surface area (Å²) >= 11 is 9.60. The van der Waals surface area contributed by atoms with E-state index in [1.54, 1.807) is 24.2 Å². The highest BCUT2D eigenvalue weighted by Crippen LogP contribution is 2.23. The molecular weight excluding hydrogens is 392 g/mol. The summed E-state index contributed by atoms with van der Waals surface area (Å²) in [6.07, 6.45) is 1.58. The highest BCUT2D eigenvalue weighted by Gasteiger charge is 2.18. The van der Waals surface area contributed by atoms with Crippen LogP contribution in [0.1, 0.15) is 16.1 Å². The van der Waals surface area contributed by atoms with Gasteiger partial charge in [0, 0.05) is 17.2 Å². The van der Waals surface area contributed by atoms with Gasteiger partial charge >= 0.3 is 0 Å². The summed E-state index contributed by atoms with van der Waals surface area (Å²) < 4.78 is 2.49. The van der Waals surface area contributed by atoms with Crippen molar-refractivity contribution in [2.45, 2.75) is 6.92 Å². The normalized spacial score (nSPS) is 10.7. The largest absolute Gasteiger partial charge is 0.310 e. The standard InChI is InChI=1S/C17H14BrClN4O/c1-11-9-12(7-8-13(11)18)22(2)17(24)15-10-23(21-20-15)16-6-4-3-5-14(16)19/h3-10H,1-2H3. The van der Waals surface area contributed by atoms with Crippen molar-refractivity contribution < 1.29 is 4.79 Å². The van der Waals surface area contributed by atoms with Crippen molar-refractivity contribution in [2.24, 2.45) is 0 Å². The number of halogens is 2. The van der Waals surface area contributed by atoms with Crippen LogP contribution < -0.4 is 4.90 Å². The van der Waals surface area contributed by atoms with Gasteiger partial charge in [0.1, 0.15) is 0 Å². The van der Waals surface area contributed by atoms with Crippen LogP contribution in [-0.2, 0) is 0 Å². The van der Waals surface area contributed by atoms with Gasteiger partial charge in [-0.3, -0.25) is 4.79 Å². The number of carbonyl (C=O) groups excluding carboxylic acids is 1. The Morgan fingerprint density at radius 3 is 2.71 bits per heavy atom. The Bertz CT molecular complexity index is 909. The molecule has 0 aliphatic heterocycles. The first kappa shape index (κ1) is 16.7. The topological polar surface area (TPSA) is 51.0 Å². The van der Waals surface area contributed by atoms with E-state index in [-0.39, 0.29) is 11.6 Å². The van der Waals surface area contributed by atoms with Crippen LogP contribution in [0.4, 0.5) is 5.69 Å². The summed E-state index contributed by atoms with van der Waals surface area (Å²) in [6, 6.07) is 13.0. The molecule has 0 aliphatic carbocycles. The average Bonchev–Trinajstić information content (AvgIpc) is 3.06. The fourth-order valence-corrected chi connectivity index (χ4v) is 2.71. The number of carbonyl (C=O) groups is 1. The van der Waals surface area contributed by atoms with E-state index in [2.05, 4.69) is 26.2 Å². The third kappa shape index (κ3) is 3.20. The molecule has 0 spiro atoms. The quantitative estimate of drug-likeness (QED) is 0.654. The minimum atomic E-state index is -0.241. The fraction of sp³-hybridized carbons (Fsp3) is 0.118. The SMILES string of the molecule is Cc1cc(N(C)C(=O)c2cn(-c3ccccc3Cl)nn2)ccc1Br. The van der Waals surface area contributed by atoms with Gasteiger partial charge in [-0.1, -0.05) is 44.9 Å². The molecule has 3 rings (SSSR count). The Morgan fingerprint density at radius 2 is 2.00 bits per heavy atom. The molecule has 1 amide bonds. The predicted molar refractivity (Wildman–Crippen MR) is 98.0 cm³/mol. The first-order valence-corrected chi connectivity index (χ1v) is 8.36. The third-order valence-electron chi connectivity index (χ3n) is 3.65. The van der Waals surface area contributed by atoms with Crippen LogP contribution in [0.3, 0.4) is 0 Å². The second kappa shape index (κ2) is 6.75. The van der Waals surface area contributed by atoms with Crippen LogP contribution in [0, 0.1) is 6.92 Å². The van der Waals surface area contributed by atoms with Gasteiger partial charge in [0.25, 0.3) is 5.91 Å². The number of anilines is 1. The van der Waals surface area contributed by atoms with E-state index < -0.39 is 0 Å². The van der Waals surface area contributed by atoms with Gasteiger partial charge in [-0.25, -0.2) is 4.68 Å². The second-order valence-corrected chi connectivity index (χ2v) is 6.56. The Morgan fingerprint density at radius 1 is 1.25 bits per heavy atom. The van der Waals surface area contributed by atoms with E-state index in [1.807, 2.05) is 43.3 Å². The Hall–Kier alpha value is -2.18. The number of aryl methyl sites for hydroxylation is 1. The molecule has 2 aromatic carbocycles. The number of nitrogens with zero attached hydrogens (tertiary/aromatic N) is 4. The lowest BCUT2D eigenvalue weighted by molar-refractivity contribution is 0.0988. The molecule has 0 saturated carbocycles. The molecule has 0 bridgehead atoms. The zero-order valence-electron chi connectivity index (χ0n) is 13.1. The van der Waals surface area contributed by atoms with Crippen LogP contribution in [0.2, 0.25) is 5.02 Å². The summed E-state index contributed by atoms with van der Waals surface area (Å²) in [6.45, 7) is 1.97. The minimum absolute atomic E-state index is 0.241. The predicted octanol–water partition coefficient (Wildman–Crippen LogP) is 4.27. The molecule has 0 saturated heterocycles.